The SMILES string of the molecule is CC(C)(C)c1ccc(-c2cccc(C=O)c2-c2ccc(C(C)(C)C)cc2)cc1. The second-order valence-corrected chi connectivity index (χ2v) is 9.54. The number of carbonyl (C=O) groups excluding carboxylic acids is 1. The van der Waals surface area contributed by atoms with Crippen LogP contribution in [0.3, 0.4) is 0 Å². The van der Waals surface area contributed by atoms with Crippen molar-refractivity contribution in [2.24, 2.45) is 0 Å². The van der Waals surface area contributed by atoms with E-state index in [1.54, 1.807) is 0 Å². The topological polar surface area (TPSA) is 17.1 Å². The molecule has 0 saturated heterocycles. The molecule has 0 heterocycles. The molecule has 1 nitrogen and oxygen atoms in total. The Bertz CT molecular complexity index is 963. The molecule has 0 fully saturated rings. The molecule has 0 amide bonds. The maximum Gasteiger partial charge on any atom is 0.150 e. The molecule has 3 aromatic rings. The summed E-state index contributed by atoms with van der Waals surface area (Å²) < 4.78 is 0. The van der Waals surface area contributed by atoms with Gasteiger partial charge in [0.05, 0.1) is 0 Å². The molecule has 3 aromatic carbocycles. The zero-order valence-corrected chi connectivity index (χ0v) is 17.8. The van der Waals surface area contributed by atoms with E-state index in [0.717, 1.165) is 34.1 Å². The van der Waals surface area contributed by atoms with Gasteiger partial charge in [-0.2, -0.15) is 0 Å². The van der Waals surface area contributed by atoms with Crippen molar-refractivity contribution >= 4 is 6.29 Å². The van der Waals surface area contributed by atoms with Crippen molar-refractivity contribution < 1.29 is 4.79 Å². The molecule has 0 unspecified atom stereocenters. The van der Waals surface area contributed by atoms with Crippen molar-refractivity contribution in [1.82, 2.24) is 0 Å². The number of benzene rings is 3. The lowest BCUT2D eigenvalue weighted by molar-refractivity contribution is 0.112. The Morgan fingerprint density at radius 3 is 1.50 bits per heavy atom. The van der Waals surface area contributed by atoms with Crippen LogP contribution in [0.5, 0.6) is 0 Å². The molecule has 1 heteroatoms. The molecule has 144 valence electrons. The van der Waals surface area contributed by atoms with E-state index < -0.39 is 0 Å². The second-order valence-electron chi connectivity index (χ2n) is 9.54. The summed E-state index contributed by atoms with van der Waals surface area (Å²) in [6.45, 7) is 13.3. The van der Waals surface area contributed by atoms with E-state index in [0.29, 0.717) is 0 Å². The summed E-state index contributed by atoms with van der Waals surface area (Å²) >= 11 is 0. The third-order valence-corrected chi connectivity index (χ3v) is 5.33. The van der Waals surface area contributed by atoms with Crippen LogP contribution in [-0.2, 0) is 10.8 Å². The highest BCUT2D eigenvalue weighted by Crippen LogP contribution is 2.36. The Kier molecular flexibility index (Phi) is 5.30. The van der Waals surface area contributed by atoms with Gasteiger partial charge in [0, 0.05) is 5.56 Å². The lowest BCUT2D eigenvalue weighted by Crippen LogP contribution is -2.10. The highest BCUT2D eigenvalue weighted by atomic mass is 16.1. The first-order valence-corrected chi connectivity index (χ1v) is 9.91. The lowest BCUT2D eigenvalue weighted by atomic mass is 9.84. The predicted octanol–water partition coefficient (Wildman–Crippen LogP) is 7.43. The molecular weight excluding hydrogens is 340 g/mol. The highest BCUT2D eigenvalue weighted by Gasteiger charge is 2.17. The number of aldehydes is 1. The van der Waals surface area contributed by atoms with E-state index in [1.807, 2.05) is 12.1 Å². The molecule has 0 aliphatic heterocycles. The minimum absolute atomic E-state index is 0.105. The van der Waals surface area contributed by atoms with E-state index in [4.69, 9.17) is 0 Å². The number of hydrogen-bond acceptors (Lipinski definition) is 1. The first-order chi connectivity index (χ1) is 13.1. The second kappa shape index (κ2) is 7.39. The smallest absolute Gasteiger partial charge is 0.150 e. The van der Waals surface area contributed by atoms with Gasteiger partial charge in [-0.05, 0) is 44.2 Å². The first kappa shape index (κ1) is 20.1. The molecule has 0 spiro atoms. The number of hydrogen-bond donors (Lipinski definition) is 0. The van der Waals surface area contributed by atoms with E-state index in [-0.39, 0.29) is 10.8 Å². The van der Waals surface area contributed by atoms with Crippen LogP contribution in [0.15, 0.2) is 66.7 Å². The fourth-order valence-electron chi connectivity index (χ4n) is 3.52. The average molecular weight is 371 g/mol. The van der Waals surface area contributed by atoms with Gasteiger partial charge >= 0.3 is 0 Å². The fraction of sp³-hybridized carbons (Fsp3) is 0.296. The van der Waals surface area contributed by atoms with Crippen LogP contribution < -0.4 is 0 Å². The van der Waals surface area contributed by atoms with Gasteiger partial charge in [0.15, 0.2) is 6.29 Å². The summed E-state index contributed by atoms with van der Waals surface area (Å²) in [7, 11) is 0. The standard InChI is InChI=1S/C27H30O/c1-26(2,3)22-14-10-19(11-15-22)24-9-7-8-21(18-28)25(24)20-12-16-23(17-13-20)27(4,5)6/h7-18H,1-6H3. The lowest BCUT2D eigenvalue weighted by Gasteiger charge is -2.21. The summed E-state index contributed by atoms with van der Waals surface area (Å²) in [5.41, 5.74) is 7.84. The molecular formula is C27H30O. The zero-order chi connectivity index (χ0) is 20.5. The summed E-state index contributed by atoms with van der Waals surface area (Å²) in [5.74, 6) is 0. The van der Waals surface area contributed by atoms with Crippen molar-refractivity contribution in [2.45, 2.75) is 52.4 Å². The van der Waals surface area contributed by atoms with Gasteiger partial charge in [0.1, 0.15) is 0 Å². The Morgan fingerprint density at radius 2 is 1.07 bits per heavy atom. The maximum atomic E-state index is 11.8. The summed E-state index contributed by atoms with van der Waals surface area (Å²) in [5, 5.41) is 0. The van der Waals surface area contributed by atoms with Crippen LogP contribution in [0.1, 0.15) is 63.0 Å². The summed E-state index contributed by atoms with van der Waals surface area (Å²) in [4.78, 5) is 11.8. The Morgan fingerprint density at radius 1 is 0.607 bits per heavy atom. The van der Waals surface area contributed by atoms with Crippen molar-refractivity contribution in [2.75, 3.05) is 0 Å². The quantitative estimate of drug-likeness (QED) is 0.438. The molecule has 0 radical (unpaired) electrons. The summed E-state index contributed by atoms with van der Waals surface area (Å²) in [6.07, 6.45) is 0.958. The Labute approximate surface area is 169 Å². The highest BCUT2D eigenvalue weighted by molar-refractivity contribution is 5.95. The van der Waals surface area contributed by atoms with Crippen molar-refractivity contribution in [3.63, 3.8) is 0 Å². The van der Waals surface area contributed by atoms with E-state index in [9.17, 15) is 4.79 Å². The van der Waals surface area contributed by atoms with Crippen molar-refractivity contribution in [3.05, 3.63) is 83.4 Å². The average Bonchev–Trinajstić information content (AvgIpc) is 2.66. The molecule has 28 heavy (non-hydrogen) atoms. The molecule has 0 atom stereocenters. The Balaban J connectivity index is 2.13. The van der Waals surface area contributed by atoms with Crippen LogP contribution in [0, 0.1) is 0 Å². The van der Waals surface area contributed by atoms with E-state index in [2.05, 4.69) is 96.1 Å². The van der Waals surface area contributed by atoms with Crippen LogP contribution in [0.4, 0.5) is 0 Å². The van der Waals surface area contributed by atoms with Gasteiger partial charge in [0.2, 0.25) is 0 Å². The molecule has 0 aliphatic carbocycles. The molecule has 0 aromatic heterocycles. The minimum atomic E-state index is 0.105. The van der Waals surface area contributed by atoms with Crippen LogP contribution in [0.25, 0.3) is 22.3 Å². The number of carbonyl (C=O) groups is 1. The molecule has 0 bridgehead atoms. The fourth-order valence-corrected chi connectivity index (χ4v) is 3.52. The molecule has 0 saturated carbocycles. The van der Waals surface area contributed by atoms with Gasteiger partial charge in [-0.1, -0.05) is 108 Å². The number of rotatable bonds is 3. The maximum absolute atomic E-state index is 11.8. The normalized spacial score (nSPS) is 12.1. The Hall–Kier alpha value is -2.67. The first-order valence-electron chi connectivity index (χ1n) is 9.91. The van der Waals surface area contributed by atoms with Gasteiger partial charge in [-0.3, -0.25) is 4.79 Å². The van der Waals surface area contributed by atoms with Crippen molar-refractivity contribution in [1.29, 1.82) is 0 Å². The molecule has 0 aliphatic rings. The molecule has 0 N–H and O–H groups in total. The van der Waals surface area contributed by atoms with Gasteiger partial charge in [-0.25, -0.2) is 0 Å². The van der Waals surface area contributed by atoms with E-state index in [1.165, 1.54) is 11.1 Å². The predicted molar refractivity (Wildman–Crippen MR) is 120 cm³/mol. The summed E-state index contributed by atoms with van der Waals surface area (Å²) in [6, 6.07) is 23.3. The molecule has 3 rings (SSSR count). The van der Waals surface area contributed by atoms with Crippen LogP contribution in [0.2, 0.25) is 0 Å². The van der Waals surface area contributed by atoms with Crippen LogP contribution >= 0.6 is 0 Å². The van der Waals surface area contributed by atoms with E-state index >= 15 is 0 Å². The monoisotopic (exact) mass is 370 g/mol. The van der Waals surface area contributed by atoms with Gasteiger partial charge in [0.25, 0.3) is 0 Å². The van der Waals surface area contributed by atoms with Crippen molar-refractivity contribution in [3.8, 4) is 22.3 Å². The third kappa shape index (κ3) is 4.09. The zero-order valence-electron chi connectivity index (χ0n) is 17.8. The van der Waals surface area contributed by atoms with Crippen LogP contribution in [-0.4, -0.2) is 6.29 Å². The van der Waals surface area contributed by atoms with Gasteiger partial charge in [-0.15, -0.1) is 0 Å². The van der Waals surface area contributed by atoms with Gasteiger partial charge < -0.3 is 0 Å². The largest absolute Gasteiger partial charge is 0.298 e. The third-order valence-electron chi connectivity index (χ3n) is 5.33. The minimum Gasteiger partial charge on any atom is -0.298 e.